The lowest BCUT2D eigenvalue weighted by Gasteiger charge is -2.14. The number of aromatic nitrogens is 3. The molecule has 1 aliphatic heterocycles. The highest BCUT2D eigenvalue weighted by Crippen LogP contribution is 2.46. The Bertz CT molecular complexity index is 1010. The lowest BCUT2D eigenvalue weighted by Crippen LogP contribution is -2.18. The van der Waals surface area contributed by atoms with Crippen LogP contribution in [0.3, 0.4) is 0 Å². The number of allylic oxidation sites excluding steroid dienone is 1. The molecule has 0 amide bonds. The summed E-state index contributed by atoms with van der Waals surface area (Å²) in [6.07, 6.45) is 1.91. The second-order valence-electron chi connectivity index (χ2n) is 6.05. The van der Waals surface area contributed by atoms with Gasteiger partial charge >= 0.3 is 5.69 Å². The van der Waals surface area contributed by atoms with Gasteiger partial charge in [-0.3, -0.25) is 9.36 Å². The van der Waals surface area contributed by atoms with Crippen LogP contribution in [0.4, 0.5) is 5.69 Å². The van der Waals surface area contributed by atoms with Crippen LogP contribution in [0.15, 0.2) is 49.7 Å². The third kappa shape index (κ3) is 2.95. The van der Waals surface area contributed by atoms with Gasteiger partial charge in [0, 0.05) is 18.0 Å². The monoisotopic (exact) mass is 385 g/mol. The zero-order valence-corrected chi connectivity index (χ0v) is 15.6. The van der Waals surface area contributed by atoms with E-state index >= 15 is 0 Å². The lowest BCUT2D eigenvalue weighted by molar-refractivity contribution is -0.112. The number of thioether (sulfide) groups is 2. The van der Waals surface area contributed by atoms with E-state index in [0.717, 1.165) is 23.4 Å². The molecule has 1 aromatic heterocycles. The number of rotatable bonds is 5. The molecular weight excluding hydrogens is 370 g/mol. The van der Waals surface area contributed by atoms with Gasteiger partial charge in [0.25, 0.3) is 0 Å². The number of nitrogens with one attached hydrogen (secondary N) is 1. The predicted molar refractivity (Wildman–Crippen MR) is 100 cm³/mol. The topological polar surface area (TPSA) is 94.8 Å². The Labute approximate surface area is 158 Å². The molecule has 2 aliphatic rings. The maximum absolute atomic E-state index is 12.7. The molecule has 1 N–H and O–H groups in total. The van der Waals surface area contributed by atoms with Crippen LogP contribution >= 0.6 is 23.5 Å². The third-order valence-electron chi connectivity index (χ3n) is 4.26. The second-order valence-corrected chi connectivity index (χ2v) is 8.02. The summed E-state index contributed by atoms with van der Waals surface area (Å²) in [4.78, 5) is 27.4. The third-order valence-corrected chi connectivity index (χ3v) is 6.45. The van der Waals surface area contributed by atoms with E-state index in [2.05, 4.69) is 16.3 Å². The van der Waals surface area contributed by atoms with Crippen molar-refractivity contribution in [2.24, 2.45) is 0 Å². The highest BCUT2D eigenvalue weighted by Gasteiger charge is 2.30. The van der Waals surface area contributed by atoms with Crippen molar-refractivity contribution in [2.75, 3.05) is 17.7 Å². The van der Waals surface area contributed by atoms with Crippen molar-refractivity contribution >= 4 is 35.0 Å². The Morgan fingerprint density at radius 1 is 1.46 bits per heavy atom. The zero-order valence-electron chi connectivity index (χ0n) is 13.9. The maximum atomic E-state index is 12.7. The van der Waals surface area contributed by atoms with Crippen molar-refractivity contribution in [3.63, 3.8) is 0 Å². The molecule has 0 atom stereocenters. The first kappa shape index (κ1) is 17.0. The Morgan fingerprint density at radius 2 is 2.23 bits per heavy atom. The maximum Gasteiger partial charge on any atom is 0.344 e. The number of nitrogens with zero attached hydrogens (tertiary/aromatic N) is 4. The summed E-state index contributed by atoms with van der Waals surface area (Å²) >= 11 is 2.61. The van der Waals surface area contributed by atoms with Crippen LogP contribution in [0.2, 0.25) is 0 Å². The van der Waals surface area contributed by atoms with Gasteiger partial charge in [0.1, 0.15) is 16.7 Å². The van der Waals surface area contributed by atoms with Crippen LogP contribution < -0.4 is 10.6 Å². The van der Waals surface area contributed by atoms with Gasteiger partial charge in [-0.15, -0.1) is 5.10 Å². The molecule has 26 heavy (non-hydrogen) atoms. The van der Waals surface area contributed by atoms with Crippen LogP contribution in [0.5, 0.6) is 0 Å². The molecule has 0 saturated heterocycles. The molecular formula is C17H15N5O2S2. The molecule has 2 aromatic rings. The van der Waals surface area contributed by atoms with Crippen molar-refractivity contribution in [3.8, 4) is 6.07 Å². The number of anilines is 1. The van der Waals surface area contributed by atoms with Crippen LogP contribution in [0.25, 0.3) is 0 Å². The summed E-state index contributed by atoms with van der Waals surface area (Å²) in [5, 5.41) is 17.1. The largest absolute Gasteiger partial charge is 0.344 e. The molecule has 1 saturated carbocycles. The first-order valence-electron chi connectivity index (χ1n) is 8.08. The van der Waals surface area contributed by atoms with E-state index in [1.165, 1.54) is 23.5 Å². The first-order chi connectivity index (χ1) is 12.6. The predicted octanol–water partition coefficient (Wildman–Crippen LogP) is 2.54. The van der Waals surface area contributed by atoms with Crippen LogP contribution in [-0.4, -0.2) is 33.3 Å². The Morgan fingerprint density at radius 3 is 2.92 bits per heavy atom. The second kappa shape index (κ2) is 6.70. The quantitative estimate of drug-likeness (QED) is 0.480. The number of nitriles is 1. The van der Waals surface area contributed by atoms with E-state index < -0.39 is 0 Å². The molecule has 0 unspecified atom stereocenters. The Kier molecular flexibility index (Phi) is 4.38. The number of benzene rings is 1. The van der Waals surface area contributed by atoms with E-state index in [4.69, 9.17) is 0 Å². The van der Waals surface area contributed by atoms with Gasteiger partial charge in [0.15, 0.2) is 10.9 Å². The van der Waals surface area contributed by atoms with Crippen LogP contribution in [-0.2, 0) is 4.79 Å². The lowest BCUT2D eigenvalue weighted by atomic mass is 10.2. The van der Waals surface area contributed by atoms with E-state index in [-0.39, 0.29) is 28.8 Å². The summed E-state index contributed by atoms with van der Waals surface area (Å²) in [7, 11) is 1.85. The van der Waals surface area contributed by atoms with Crippen molar-refractivity contribution in [1.29, 1.82) is 5.26 Å². The Balaban J connectivity index is 1.54. The fraction of sp³-hybridized carbons (Fsp3) is 0.294. The van der Waals surface area contributed by atoms with E-state index in [9.17, 15) is 14.9 Å². The summed E-state index contributed by atoms with van der Waals surface area (Å²) in [5.74, 6) is -0.203. The van der Waals surface area contributed by atoms with E-state index in [1.54, 1.807) is 4.57 Å². The summed E-state index contributed by atoms with van der Waals surface area (Å²) < 4.78 is 1.60. The normalized spacial score (nSPS) is 17.8. The molecule has 0 bridgehead atoms. The van der Waals surface area contributed by atoms with Gasteiger partial charge in [-0.2, -0.15) is 5.26 Å². The molecule has 0 radical (unpaired) electrons. The highest BCUT2D eigenvalue weighted by atomic mass is 32.2. The highest BCUT2D eigenvalue weighted by molar-refractivity contribution is 8.03. The minimum atomic E-state index is -0.266. The number of aromatic amines is 1. The number of carbonyl (C=O) groups excluding carboxylic acids is 1. The minimum Gasteiger partial charge on any atom is -0.337 e. The van der Waals surface area contributed by atoms with Gasteiger partial charge < -0.3 is 4.90 Å². The number of fused-ring (bicyclic) bond motifs is 1. The fourth-order valence-electron chi connectivity index (χ4n) is 2.80. The molecule has 2 heterocycles. The number of carbonyl (C=O) groups is 1. The summed E-state index contributed by atoms with van der Waals surface area (Å²) in [5.41, 5.74) is 0.871. The van der Waals surface area contributed by atoms with Crippen LogP contribution in [0.1, 0.15) is 18.9 Å². The van der Waals surface area contributed by atoms with Gasteiger partial charge in [0.2, 0.25) is 0 Å². The van der Waals surface area contributed by atoms with E-state index in [0.29, 0.717) is 10.2 Å². The first-order valence-corrected chi connectivity index (χ1v) is 9.88. The van der Waals surface area contributed by atoms with Crippen molar-refractivity contribution in [3.05, 3.63) is 45.4 Å². The number of ketones is 1. The molecule has 1 aliphatic carbocycles. The molecule has 0 spiro atoms. The fourth-order valence-corrected chi connectivity index (χ4v) is 4.85. The summed E-state index contributed by atoms with van der Waals surface area (Å²) in [6.45, 7) is 0. The van der Waals surface area contributed by atoms with E-state index in [1.807, 2.05) is 36.2 Å². The Hall–Kier alpha value is -2.44. The van der Waals surface area contributed by atoms with Crippen molar-refractivity contribution < 1.29 is 4.79 Å². The van der Waals surface area contributed by atoms with Gasteiger partial charge in [0.05, 0.1) is 11.4 Å². The van der Waals surface area contributed by atoms with Gasteiger partial charge in [-0.05, 0) is 25.0 Å². The smallest absolute Gasteiger partial charge is 0.337 e. The zero-order chi connectivity index (χ0) is 18.3. The molecule has 1 fully saturated rings. The molecule has 4 rings (SSSR count). The molecule has 1 aromatic carbocycles. The van der Waals surface area contributed by atoms with Crippen molar-refractivity contribution in [2.45, 2.75) is 28.9 Å². The van der Waals surface area contributed by atoms with Crippen molar-refractivity contribution in [1.82, 2.24) is 14.8 Å². The molecule has 7 nitrogen and oxygen atoms in total. The summed E-state index contributed by atoms with van der Waals surface area (Å²) in [6, 6.07) is 10.0. The number of Topliss-reactive ketones (excluding diaryl/α,β-unsaturated/α-hetero) is 1. The van der Waals surface area contributed by atoms with Gasteiger partial charge in [-0.25, -0.2) is 9.89 Å². The number of para-hydroxylation sites is 1. The standard InChI is InChI=1S/C17H15N5O2S2/c1-21-12-4-2-3-5-14(12)26-15(21)11(8-18)13(23)9-25-17-20-19-16(24)22(17)10-6-7-10/h2-5,10H,6-7,9H2,1H3,(H,19,24). The number of H-pyrrole nitrogens is 1. The average Bonchev–Trinajstić information content (AvgIpc) is 3.34. The van der Waals surface area contributed by atoms with Crippen LogP contribution in [0, 0.1) is 11.3 Å². The number of hydrogen-bond acceptors (Lipinski definition) is 7. The minimum absolute atomic E-state index is 0.0636. The molecule has 9 heteroatoms. The SMILES string of the molecule is CN1C(=C(C#N)C(=O)CSc2n[nH]c(=O)n2C2CC2)Sc2ccccc21. The number of hydrogen-bond donors (Lipinski definition) is 1. The van der Waals surface area contributed by atoms with Gasteiger partial charge in [-0.1, -0.05) is 35.7 Å². The molecule has 132 valence electrons. The average molecular weight is 385 g/mol.